The molecule has 2 aromatic rings. The second-order valence-electron chi connectivity index (χ2n) is 3.98. The molecule has 7 heteroatoms. The zero-order valence-corrected chi connectivity index (χ0v) is 13.3. The molecule has 5 nitrogen and oxygen atoms in total. The van der Waals surface area contributed by atoms with Gasteiger partial charge in [-0.25, -0.2) is 4.98 Å². The van der Waals surface area contributed by atoms with Gasteiger partial charge in [-0.2, -0.15) is 0 Å². The first-order valence-corrected chi connectivity index (χ1v) is 7.71. The van der Waals surface area contributed by atoms with Crippen molar-refractivity contribution in [2.75, 3.05) is 11.9 Å². The van der Waals surface area contributed by atoms with Gasteiger partial charge in [-0.15, -0.1) is 11.3 Å². The standard InChI is InChI=1S/C14H12BrN3O2S/c15-10-1-3-11(4-2-10)18-13(20)9-17-12(19)5-6-14-16-7-8-21-14/h1-8H,9H2,(H,17,19)(H,18,20). The van der Waals surface area contributed by atoms with Crippen molar-refractivity contribution in [2.45, 2.75) is 0 Å². The van der Waals surface area contributed by atoms with Crippen LogP contribution in [0.4, 0.5) is 5.69 Å². The average Bonchev–Trinajstić information content (AvgIpc) is 2.99. The van der Waals surface area contributed by atoms with Gasteiger partial charge in [0.25, 0.3) is 0 Å². The lowest BCUT2D eigenvalue weighted by atomic mass is 10.3. The van der Waals surface area contributed by atoms with Crippen LogP contribution in [0.2, 0.25) is 0 Å². The van der Waals surface area contributed by atoms with Crippen LogP contribution in [0, 0.1) is 0 Å². The van der Waals surface area contributed by atoms with Gasteiger partial charge in [-0.3, -0.25) is 9.59 Å². The van der Waals surface area contributed by atoms with Gasteiger partial charge in [-0.05, 0) is 30.3 Å². The lowest BCUT2D eigenvalue weighted by Gasteiger charge is -2.05. The Hall–Kier alpha value is -1.99. The number of nitrogens with zero attached hydrogens (tertiary/aromatic N) is 1. The van der Waals surface area contributed by atoms with Crippen molar-refractivity contribution in [1.29, 1.82) is 0 Å². The minimum absolute atomic E-state index is 0.0862. The second-order valence-corrected chi connectivity index (χ2v) is 5.82. The third kappa shape index (κ3) is 5.49. The summed E-state index contributed by atoms with van der Waals surface area (Å²) in [7, 11) is 0. The number of amides is 2. The number of anilines is 1. The minimum atomic E-state index is -0.337. The Morgan fingerprint density at radius 2 is 2.05 bits per heavy atom. The van der Waals surface area contributed by atoms with E-state index in [1.54, 1.807) is 24.4 Å². The maximum Gasteiger partial charge on any atom is 0.244 e. The van der Waals surface area contributed by atoms with E-state index < -0.39 is 0 Å². The average molecular weight is 366 g/mol. The summed E-state index contributed by atoms with van der Waals surface area (Å²) in [5.41, 5.74) is 0.677. The van der Waals surface area contributed by atoms with Crippen LogP contribution in [-0.2, 0) is 9.59 Å². The van der Waals surface area contributed by atoms with Crippen molar-refractivity contribution >= 4 is 50.8 Å². The van der Waals surface area contributed by atoms with E-state index >= 15 is 0 Å². The molecule has 0 aliphatic carbocycles. The van der Waals surface area contributed by atoms with Crippen LogP contribution in [0.3, 0.4) is 0 Å². The number of benzene rings is 1. The molecule has 0 saturated carbocycles. The monoisotopic (exact) mass is 365 g/mol. The zero-order chi connectivity index (χ0) is 15.1. The van der Waals surface area contributed by atoms with E-state index in [0.717, 1.165) is 9.48 Å². The summed E-state index contributed by atoms with van der Waals surface area (Å²) < 4.78 is 0.932. The molecule has 0 aliphatic heterocycles. The number of nitrogens with one attached hydrogen (secondary N) is 2. The number of hydrogen-bond donors (Lipinski definition) is 2. The van der Waals surface area contributed by atoms with Crippen molar-refractivity contribution in [3.8, 4) is 0 Å². The lowest BCUT2D eigenvalue weighted by Crippen LogP contribution is -2.31. The normalized spacial score (nSPS) is 10.5. The van der Waals surface area contributed by atoms with Crippen LogP contribution in [-0.4, -0.2) is 23.3 Å². The van der Waals surface area contributed by atoms with Crippen LogP contribution in [0.5, 0.6) is 0 Å². The Morgan fingerprint density at radius 1 is 1.29 bits per heavy atom. The Labute approximate surface area is 134 Å². The van der Waals surface area contributed by atoms with Gasteiger partial charge in [-0.1, -0.05) is 15.9 Å². The molecule has 1 aromatic heterocycles. The van der Waals surface area contributed by atoms with E-state index in [0.29, 0.717) is 5.69 Å². The Morgan fingerprint density at radius 3 is 2.71 bits per heavy atom. The highest BCUT2D eigenvalue weighted by atomic mass is 79.9. The van der Waals surface area contributed by atoms with Crippen LogP contribution in [0.25, 0.3) is 6.08 Å². The molecule has 0 aliphatic rings. The molecular formula is C14H12BrN3O2S. The van der Waals surface area contributed by atoms with Gasteiger partial charge in [0.15, 0.2) is 0 Å². The van der Waals surface area contributed by atoms with E-state index in [4.69, 9.17) is 0 Å². The Kier molecular flexibility index (Phi) is 5.65. The van der Waals surface area contributed by atoms with E-state index in [-0.39, 0.29) is 18.4 Å². The molecule has 0 fully saturated rings. The first kappa shape index (κ1) is 15.4. The molecule has 0 radical (unpaired) electrons. The smallest absolute Gasteiger partial charge is 0.244 e. The highest BCUT2D eigenvalue weighted by Crippen LogP contribution is 2.13. The summed E-state index contributed by atoms with van der Waals surface area (Å²) in [5.74, 6) is -0.621. The fourth-order valence-electron chi connectivity index (χ4n) is 1.43. The van der Waals surface area contributed by atoms with Crippen molar-refractivity contribution in [3.63, 3.8) is 0 Å². The van der Waals surface area contributed by atoms with E-state index in [1.165, 1.54) is 17.4 Å². The van der Waals surface area contributed by atoms with Gasteiger partial charge in [0.1, 0.15) is 5.01 Å². The summed E-state index contributed by atoms with van der Waals surface area (Å²) in [4.78, 5) is 27.2. The second kappa shape index (κ2) is 7.70. The Bertz CT molecular complexity index is 639. The largest absolute Gasteiger partial charge is 0.343 e. The predicted molar refractivity (Wildman–Crippen MR) is 86.9 cm³/mol. The third-order valence-electron chi connectivity index (χ3n) is 2.38. The Balaban J connectivity index is 1.75. The van der Waals surface area contributed by atoms with Crippen molar-refractivity contribution in [2.24, 2.45) is 0 Å². The van der Waals surface area contributed by atoms with Crippen molar-refractivity contribution in [3.05, 3.63) is 51.4 Å². The molecule has 0 bridgehead atoms. The summed E-state index contributed by atoms with van der Waals surface area (Å²) in [6, 6.07) is 7.19. The minimum Gasteiger partial charge on any atom is -0.343 e. The lowest BCUT2D eigenvalue weighted by molar-refractivity contribution is -0.121. The molecule has 0 atom stereocenters. The molecule has 2 N–H and O–H groups in total. The number of aromatic nitrogens is 1. The first-order valence-electron chi connectivity index (χ1n) is 6.04. The van der Waals surface area contributed by atoms with Crippen LogP contribution >= 0.6 is 27.3 Å². The molecule has 0 unspecified atom stereocenters. The molecule has 1 aromatic carbocycles. The SMILES string of the molecule is O=C(C=Cc1nccs1)NCC(=O)Nc1ccc(Br)cc1. The topological polar surface area (TPSA) is 71.1 Å². The van der Waals surface area contributed by atoms with Crippen LogP contribution in [0.15, 0.2) is 46.4 Å². The van der Waals surface area contributed by atoms with Gasteiger partial charge >= 0.3 is 0 Å². The van der Waals surface area contributed by atoms with Gasteiger partial charge in [0, 0.05) is 27.8 Å². The molecular weight excluding hydrogens is 354 g/mol. The highest BCUT2D eigenvalue weighted by Gasteiger charge is 2.04. The molecule has 2 rings (SSSR count). The summed E-state index contributed by atoms with van der Waals surface area (Å²) >= 11 is 4.74. The van der Waals surface area contributed by atoms with Crippen LogP contribution < -0.4 is 10.6 Å². The van der Waals surface area contributed by atoms with Crippen LogP contribution in [0.1, 0.15) is 5.01 Å². The van der Waals surface area contributed by atoms with E-state index in [2.05, 4.69) is 31.5 Å². The maximum absolute atomic E-state index is 11.7. The predicted octanol–water partition coefficient (Wildman–Crippen LogP) is 2.67. The number of halogens is 1. The zero-order valence-electron chi connectivity index (χ0n) is 10.9. The molecule has 0 spiro atoms. The molecule has 0 saturated heterocycles. The third-order valence-corrected chi connectivity index (χ3v) is 3.65. The highest BCUT2D eigenvalue weighted by molar-refractivity contribution is 9.10. The number of carbonyl (C=O) groups is 2. The molecule has 108 valence electrons. The first-order chi connectivity index (χ1) is 10.1. The van der Waals surface area contributed by atoms with E-state index in [1.807, 2.05) is 17.5 Å². The fraction of sp³-hybridized carbons (Fsp3) is 0.0714. The fourth-order valence-corrected chi connectivity index (χ4v) is 2.22. The number of thiazole rings is 1. The maximum atomic E-state index is 11.7. The number of rotatable bonds is 5. The van der Waals surface area contributed by atoms with Gasteiger partial charge in [0.2, 0.25) is 11.8 Å². The summed E-state index contributed by atoms with van der Waals surface area (Å²) in [6.07, 6.45) is 4.62. The summed E-state index contributed by atoms with van der Waals surface area (Å²) in [5, 5.41) is 7.75. The molecule has 2 amide bonds. The quantitative estimate of drug-likeness (QED) is 0.800. The van der Waals surface area contributed by atoms with Gasteiger partial charge in [0.05, 0.1) is 6.54 Å². The molecule has 1 heterocycles. The van der Waals surface area contributed by atoms with E-state index in [9.17, 15) is 9.59 Å². The summed E-state index contributed by atoms with van der Waals surface area (Å²) in [6.45, 7) is -0.0862. The van der Waals surface area contributed by atoms with Crippen molar-refractivity contribution in [1.82, 2.24) is 10.3 Å². The number of hydrogen-bond acceptors (Lipinski definition) is 4. The number of carbonyl (C=O) groups excluding carboxylic acids is 2. The molecule has 21 heavy (non-hydrogen) atoms. The van der Waals surface area contributed by atoms with Crippen molar-refractivity contribution < 1.29 is 9.59 Å². The van der Waals surface area contributed by atoms with Gasteiger partial charge < -0.3 is 10.6 Å².